The van der Waals surface area contributed by atoms with Gasteiger partial charge in [0.1, 0.15) is 0 Å². The molecule has 0 bridgehead atoms. The molecule has 0 atom stereocenters. The van der Waals surface area contributed by atoms with Crippen molar-refractivity contribution in [3.8, 4) is 16.9 Å². The van der Waals surface area contributed by atoms with E-state index in [0.717, 1.165) is 47.6 Å². The van der Waals surface area contributed by atoms with Crippen molar-refractivity contribution in [1.29, 1.82) is 0 Å². The van der Waals surface area contributed by atoms with E-state index in [1.807, 2.05) is 18.2 Å². The summed E-state index contributed by atoms with van der Waals surface area (Å²) in [4.78, 5) is 0. The number of halogens is 1. The van der Waals surface area contributed by atoms with Crippen molar-refractivity contribution < 1.29 is 9.50 Å². The maximum atomic E-state index is 13.8. The average molecular weight is 353 g/mol. The predicted octanol–water partition coefficient (Wildman–Crippen LogP) is 2.03. The largest absolute Gasteiger partial charge is 0.505 e. The van der Waals surface area contributed by atoms with Crippen LogP contribution in [0.5, 0.6) is 5.75 Å². The molecule has 0 saturated carbocycles. The molecule has 1 fully saturated rings. The van der Waals surface area contributed by atoms with E-state index < -0.39 is 5.82 Å². The van der Waals surface area contributed by atoms with Gasteiger partial charge in [-0.05, 0) is 66.5 Å². The minimum absolute atomic E-state index is 0.355. The Hall–Kier alpha value is -2.79. The first-order valence-electron chi connectivity index (χ1n) is 8.77. The summed E-state index contributed by atoms with van der Waals surface area (Å²) in [5, 5.41) is 18.2. The SMILES string of the molecule is C=C/C=c1/cc(-c2ccc(O)c(F)c2)cc(NC2CCNCC2)/c1=C/N. The number of piperidine rings is 1. The van der Waals surface area contributed by atoms with Crippen LogP contribution in [0, 0.1) is 5.82 Å². The van der Waals surface area contributed by atoms with Gasteiger partial charge in [0.2, 0.25) is 0 Å². The second kappa shape index (κ2) is 8.06. The topological polar surface area (TPSA) is 70.3 Å². The zero-order chi connectivity index (χ0) is 18.5. The van der Waals surface area contributed by atoms with Crippen molar-refractivity contribution in [2.24, 2.45) is 5.73 Å². The van der Waals surface area contributed by atoms with E-state index in [2.05, 4.69) is 17.2 Å². The van der Waals surface area contributed by atoms with E-state index >= 15 is 0 Å². The summed E-state index contributed by atoms with van der Waals surface area (Å²) in [5.41, 5.74) is 8.35. The van der Waals surface area contributed by atoms with Crippen molar-refractivity contribution in [3.63, 3.8) is 0 Å². The molecule has 1 aliphatic rings. The lowest BCUT2D eigenvalue weighted by molar-refractivity contribution is 0.432. The van der Waals surface area contributed by atoms with Gasteiger partial charge >= 0.3 is 0 Å². The Kier molecular flexibility index (Phi) is 5.58. The molecule has 0 amide bonds. The molecule has 5 heteroatoms. The van der Waals surface area contributed by atoms with Gasteiger partial charge in [-0.1, -0.05) is 24.8 Å². The van der Waals surface area contributed by atoms with Gasteiger partial charge < -0.3 is 21.5 Å². The molecule has 3 rings (SSSR count). The Morgan fingerprint density at radius 2 is 1.96 bits per heavy atom. The highest BCUT2D eigenvalue weighted by atomic mass is 19.1. The van der Waals surface area contributed by atoms with Crippen molar-refractivity contribution >= 4 is 18.0 Å². The van der Waals surface area contributed by atoms with Gasteiger partial charge in [-0.15, -0.1) is 0 Å². The van der Waals surface area contributed by atoms with Gasteiger partial charge in [-0.25, -0.2) is 4.39 Å². The van der Waals surface area contributed by atoms with E-state index in [1.165, 1.54) is 12.1 Å². The number of phenolic OH excluding ortho intramolecular Hbond substituents is 1. The summed E-state index contributed by atoms with van der Waals surface area (Å²) in [6.07, 6.45) is 7.23. The van der Waals surface area contributed by atoms with Crippen LogP contribution in [0.1, 0.15) is 12.8 Å². The molecule has 1 heterocycles. The standard InChI is InChI=1S/C21H24FN3O/c1-2-3-15-10-16(14-4-5-21(26)19(22)11-14)12-20(18(15)13-23)25-17-6-8-24-9-7-17/h2-5,10-13,17,24-26H,1,6-9,23H2/b15-3-,18-13+. The Labute approximate surface area is 152 Å². The number of anilines is 1. The Balaban J connectivity index is 2.12. The summed E-state index contributed by atoms with van der Waals surface area (Å²) in [5.74, 6) is -0.995. The van der Waals surface area contributed by atoms with Gasteiger partial charge in [0.25, 0.3) is 0 Å². The van der Waals surface area contributed by atoms with Crippen molar-refractivity contribution in [1.82, 2.24) is 5.32 Å². The number of phenols is 1. The number of hydrogen-bond acceptors (Lipinski definition) is 4. The third-order valence-corrected chi connectivity index (χ3v) is 4.66. The summed E-state index contributed by atoms with van der Waals surface area (Å²) in [6.45, 7) is 5.73. The fourth-order valence-corrected chi connectivity index (χ4v) is 3.29. The van der Waals surface area contributed by atoms with Crippen LogP contribution in [0.4, 0.5) is 10.1 Å². The van der Waals surface area contributed by atoms with E-state index in [-0.39, 0.29) is 5.75 Å². The molecule has 5 N–H and O–H groups in total. The van der Waals surface area contributed by atoms with Crippen LogP contribution in [-0.4, -0.2) is 24.2 Å². The van der Waals surface area contributed by atoms with E-state index in [4.69, 9.17) is 5.73 Å². The number of rotatable bonds is 4. The lowest BCUT2D eigenvalue weighted by Gasteiger charge is -2.25. The van der Waals surface area contributed by atoms with Crippen molar-refractivity contribution in [3.05, 3.63) is 59.2 Å². The molecule has 4 nitrogen and oxygen atoms in total. The highest BCUT2D eigenvalue weighted by molar-refractivity contribution is 5.70. The summed E-state index contributed by atoms with van der Waals surface area (Å²) < 4.78 is 13.8. The van der Waals surface area contributed by atoms with Crippen molar-refractivity contribution in [2.75, 3.05) is 18.4 Å². The minimum atomic E-state index is -0.640. The fourth-order valence-electron chi connectivity index (χ4n) is 3.29. The normalized spacial score (nSPS) is 16.7. The molecule has 0 aliphatic carbocycles. The molecular formula is C21H24FN3O. The van der Waals surface area contributed by atoms with Crippen LogP contribution in [0.15, 0.2) is 43.0 Å². The van der Waals surface area contributed by atoms with Crippen LogP contribution in [0.2, 0.25) is 0 Å². The quantitative estimate of drug-likeness (QED) is 0.679. The van der Waals surface area contributed by atoms with E-state index in [0.29, 0.717) is 11.6 Å². The molecule has 2 aromatic carbocycles. The summed E-state index contributed by atoms with van der Waals surface area (Å²) >= 11 is 0. The highest BCUT2D eigenvalue weighted by Crippen LogP contribution is 2.25. The molecular weight excluding hydrogens is 329 g/mol. The van der Waals surface area contributed by atoms with E-state index in [9.17, 15) is 9.50 Å². The maximum Gasteiger partial charge on any atom is 0.165 e. The molecule has 0 aromatic heterocycles. The number of aromatic hydroxyl groups is 1. The maximum absolute atomic E-state index is 13.8. The Morgan fingerprint density at radius 3 is 2.62 bits per heavy atom. The molecule has 136 valence electrons. The van der Waals surface area contributed by atoms with Crippen molar-refractivity contribution in [2.45, 2.75) is 18.9 Å². The van der Waals surface area contributed by atoms with Crippen LogP contribution in [0.25, 0.3) is 23.4 Å². The fraction of sp³-hybridized carbons (Fsp3) is 0.238. The molecule has 26 heavy (non-hydrogen) atoms. The number of nitrogens with one attached hydrogen (secondary N) is 2. The minimum Gasteiger partial charge on any atom is -0.505 e. The summed E-state index contributed by atoms with van der Waals surface area (Å²) in [7, 11) is 0. The number of allylic oxidation sites excluding steroid dienone is 1. The number of benzene rings is 2. The first-order valence-corrected chi connectivity index (χ1v) is 8.77. The highest BCUT2D eigenvalue weighted by Gasteiger charge is 2.14. The second-order valence-electron chi connectivity index (χ2n) is 6.43. The Morgan fingerprint density at radius 1 is 1.19 bits per heavy atom. The lowest BCUT2D eigenvalue weighted by Crippen LogP contribution is -2.38. The van der Waals surface area contributed by atoms with Gasteiger partial charge in [0.15, 0.2) is 11.6 Å². The smallest absolute Gasteiger partial charge is 0.165 e. The van der Waals surface area contributed by atoms with Gasteiger partial charge in [0.05, 0.1) is 0 Å². The number of nitrogens with two attached hydrogens (primary N) is 1. The molecule has 2 aromatic rings. The van der Waals surface area contributed by atoms with Crippen LogP contribution >= 0.6 is 0 Å². The zero-order valence-corrected chi connectivity index (χ0v) is 14.6. The lowest BCUT2D eigenvalue weighted by atomic mass is 10.0. The monoisotopic (exact) mass is 353 g/mol. The average Bonchev–Trinajstić information content (AvgIpc) is 2.65. The Bertz CT molecular complexity index is 918. The van der Waals surface area contributed by atoms with Crippen LogP contribution < -0.4 is 26.8 Å². The third-order valence-electron chi connectivity index (χ3n) is 4.66. The van der Waals surface area contributed by atoms with Crippen LogP contribution in [-0.2, 0) is 0 Å². The molecule has 1 aliphatic heterocycles. The summed E-state index contributed by atoms with van der Waals surface area (Å²) in [6, 6.07) is 8.68. The number of hydrogen-bond donors (Lipinski definition) is 4. The second-order valence-corrected chi connectivity index (χ2v) is 6.43. The molecule has 1 saturated heterocycles. The van der Waals surface area contributed by atoms with Gasteiger partial charge in [-0.2, -0.15) is 0 Å². The molecule has 0 unspecified atom stereocenters. The first-order chi connectivity index (χ1) is 12.6. The van der Waals surface area contributed by atoms with Gasteiger partial charge in [0, 0.05) is 23.1 Å². The van der Waals surface area contributed by atoms with Gasteiger partial charge in [-0.3, -0.25) is 0 Å². The first kappa shape index (κ1) is 18.0. The van der Waals surface area contributed by atoms with Crippen LogP contribution in [0.3, 0.4) is 0 Å². The predicted molar refractivity (Wildman–Crippen MR) is 106 cm³/mol. The molecule has 0 spiro atoms. The molecule has 0 radical (unpaired) electrons. The zero-order valence-electron chi connectivity index (χ0n) is 14.6. The third kappa shape index (κ3) is 3.89. The van der Waals surface area contributed by atoms with E-state index in [1.54, 1.807) is 18.3 Å².